The molecule has 164 valence electrons. The number of benzene rings is 2. The summed E-state index contributed by atoms with van der Waals surface area (Å²) in [6.45, 7) is 3.50. The van der Waals surface area contributed by atoms with Crippen molar-refractivity contribution in [1.29, 1.82) is 0 Å². The number of methoxy groups -OCH3 is 1. The van der Waals surface area contributed by atoms with Crippen molar-refractivity contribution in [2.24, 2.45) is 0 Å². The van der Waals surface area contributed by atoms with Gasteiger partial charge in [0, 0.05) is 11.9 Å². The summed E-state index contributed by atoms with van der Waals surface area (Å²) >= 11 is 0. The van der Waals surface area contributed by atoms with Gasteiger partial charge >= 0.3 is 5.97 Å². The number of nitrogens with one attached hydrogen (secondary N) is 2. The lowest BCUT2D eigenvalue weighted by Gasteiger charge is -2.22. The van der Waals surface area contributed by atoms with Crippen LogP contribution in [0.4, 0.5) is 20.3 Å². The van der Waals surface area contributed by atoms with Crippen molar-refractivity contribution < 1.29 is 23.4 Å². The molecule has 2 aromatic carbocycles. The highest BCUT2D eigenvalue weighted by Gasteiger charge is 2.30. The molecule has 0 saturated heterocycles. The fraction of sp³-hybridized carbons (Fsp3) is 0.174. The van der Waals surface area contributed by atoms with Crippen LogP contribution in [0.25, 0.3) is 22.3 Å². The van der Waals surface area contributed by atoms with Gasteiger partial charge < -0.3 is 20.1 Å². The van der Waals surface area contributed by atoms with Gasteiger partial charge in [-0.25, -0.2) is 18.7 Å². The van der Waals surface area contributed by atoms with E-state index in [1.165, 1.54) is 19.4 Å². The number of H-pyrrole nitrogens is 1. The number of aromatic hydroxyl groups is 1. The maximum Gasteiger partial charge on any atom is 0.315 e. The monoisotopic (exact) mass is 438 g/mol. The van der Waals surface area contributed by atoms with Crippen LogP contribution in [0.3, 0.4) is 0 Å². The SMILES string of the molecule is COC(=O)C(C)(C)c1ccc(Nc2nc(-c3c(F)cccc3F)nc3c[nH]c(O)c23)cc1. The normalized spacial score (nSPS) is 11.5. The van der Waals surface area contributed by atoms with E-state index in [4.69, 9.17) is 4.74 Å². The molecule has 0 aliphatic heterocycles. The first-order valence-electron chi connectivity index (χ1n) is 9.71. The van der Waals surface area contributed by atoms with Gasteiger partial charge in [0.1, 0.15) is 22.8 Å². The molecule has 4 aromatic rings. The molecular weight excluding hydrogens is 418 g/mol. The number of fused-ring (bicyclic) bond motifs is 1. The third-order valence-corrected chi connectivity index (χ3v) is 5.27. The predicted octanol–water partition coefficient (Wildman–Crippen LogP) is 4.80. The Hall–Kier alpha value is -4.01. The zero-order valence-electron chi connectivity index (χ0n) is 17.5. The average molecular weight is 438 g/mol. The number of ether oxygens (including phenoxy) is 1. The Morgan fingerprint density at radius 2 is 1.75 bits per heavy atom. The number of rotatable bonds is 5. The van der Waals surface area contributed by atoms with Gasteiger partial charge in [-0.05, 0) is 43.7 Å². The van der Waals surface area contributed by atoms with E-state index in [2.05, 4.69) is 20.3 Å². The molecule has 0 radical (unpaired) electrons. The van der Waals surface area contributed by atoms with Crippen LogP contribution in [0.5, 0.6) is 5.88 Å². The van der Waals surface area contributed by atoms with Crippen LogP contribution in [0.2, 0.25) is 0 Å². The van der Waals surface area contributed by atoms with Gasteiger partial charge in [0.25, 0.3) is 0 Å². The number of hydrogen-bond acceptors (Lipinski definition) is 6. The van der Waals surface area contributed by atoms with Crippen molar-refractivity contribution in [1.82, 2.24) is 15.0 Å². The molecule has 9 heteroatoms. The molecule has 7 nitrogen and oxygen atoms in total. The van der Waals surface area contributed by atoms with Crippen molar-refractivity contribution in [3.05, 3.63) is 65.9 Å². The fourth-order valence-corrected chi connectivity index (χ4v) is 3.42. The highest BCUT2D eigenvalue weighted by molar-refractivity contribution is 5.96. The lowest BCUT2D eigenvalue weighted by Crippen LogP contribution is -2.30. The molecule has 0 bridgehead atoms. The van der Waals surface area contributed by atoms with Crippen molar-refractivity contribution in [2.75, 3.05) is 12.4 Å². The first-order chi connectivity index (χ1) is 15.2. The number of aromatic amines is 1. The fourth-order valence-electron chi connectivity index (χ4n) is 3.42. The lowest BCUT2D eigenvalue weighted by atomic mass is 9.85. The van der Waals surface area contributed by atoms with Crippen molar-refractivity contribution in [2.45, 2.75) is 19.3 Å². The Bertz CT molecular complexity index is 1300. The van der Waals surface area contributed by atoms with E-state index in [-0.39, 0.29) is 40.0 Å². The summed E-state index contributed by atoms with van der Waals surface area (Å²) in [6, 6.07) is 10.5. The first kappa shape index (κ1) is 21.2. The largest absolute Gasteiger partial charge is 0.494 e. The molecule has 32 heavy (non-hydrogen) atoms. The summed E-state index contributed by atoms with van der Waals surface area (Å²) in [6.07, 6.45) is 1.42. The van der Waals surface area contributed by atoms with Gasteiger partial charge in [0.05, 0.1) is 23.6 Å². The summed E-state index contributed by atoms with van der Waals surface area (Å²) in [7, 11) is 1.33. The molecular formula is C23H20F2N4O3. The van der Waals surface area contributed by atoms with Gasteiger partial charge in [0.2, 0.25) is 5.88 Å². The van der Waals surface area contributed by atoms with Gasteiger partial charge in [-0.3, -0.25) is 4.79 Å². The molecule has 0 saturated carbocycles. The van der Waals surface area contributed by atoms with E-state index < -0.39 is 17.0 Å². The topological polar surface area (TPSA) is 100 Å². The standard InChI is InChI=1S/C23H20F2N4O3/c1-23(2,22(31)32-3)12-7-9-13(10-8-12)27-20-18-16(11-26-21(18)30)28-19(29-20)17-14(24)5-4-6-15(17)25/h4-11,26,30H,1-3H3,(H,27,28,29). The Kier molecular flexibility index (Phi) is 5.25. The highest BCUT2D eigenvalue weighted by Crippen LogP contribution is 2.34. The molecule has 0 unspecified atom stereocenters. The number of anilines is 2. The van der Waals surface area contributed by atoms with Crippen molar-refractivity contribution >= 4 is 28.4 Å². The van der Waals surface area contributed by atoms with E-state index >= 15 is 0 Å². The third-order valence-electron chi connectivity index (χ3n) is 5.27. The molecule has 4 rings (SSSR count). The van der Waals surface area contributed by atoms with Crippen LogP contribution in [0.1, 0.15) is 19.4 Å². The van der Waals surface area contributed by atoms with Crippen molar-refractivity contribution in [3.8, 4) is 17.3 Å². The second kappa shape index (κ2) is 7.92. The number of carbonyl (C=O) groups is 1. The predicted molar refractivity (Wildman–Crippen MR) is 116 cm³/mol. The van der Waals surface area contributed by atoms with Crippen LogP contribution in [0.15, 0.2) is 48.7 Å². The maximum atomic E-state index is 14.3. The highest BCUT2D eigenvalue weighted by atomic mass is 19.1. The Morgan fingerprint density at radius 1 is 1.09 bits per heavy atom. The zero-order chi connectivity index (χ0) is 23.0. The number of aromatic nitrogens is 3. The van der Waals surface area contributed by atoms with E-state index in [0.29, 0.717) is 5.69 Å². The quantitative estimate of drug-likeness (QED) is 0.387. The van der Waals surface area contributed by atoms with Gasteiger partial charge in [-0.2, -0.15) is 0 Å². The first-order valence-corrected chi connectivity index (χ1v) is 9.71. The molecule has 0 spiro atoms. The van der Waals surface area contributed by atoms with Gasteiger partial charge in [-0.1, -0.05) is 18.2 Å². The summed E-state index contributed by atoms with van der Waals surface area (Å²) in [5, 5.41) is 13.5. The molecule has 0 aliphatic rings. The molecule has 0 fully saturated rings. The number of carbonyl (C=O) groups excluding carboxylic acids is 1. The lowest BCUT2D eigenvalue weighted by molar-refractivity contribution is -0.146. The van der Waals surface area contributed by atoms with Crippen LogP contribution < -0.4 is 5.32 Å². The second-order valence-electron chi connectivity index (χ2n) is 7.71. The minimum atomic E-state index is -0.843. The molecule has 0 aliphatic carbocycles. The van der Waals surface area contributed by atoms with Crippen LogP contribution in [0, 0.1) is 11.6 Å². The number of nitrogens with zero attached hydrogens (tertiary/aromatic N) is 2. The molecule has 2 aromatic heterocycles. The second-order valence-corrected chi connectivity index (χ2v) is 7.71. The Morgan fingerprint density at radius 3 is 2.38 bits per heavy atom. The molecule has 2 heterocycles. The average Bonchev–Trinajstić information content (AvgIpc) is 3.14. The van der Waals surface area contributed by atoms with Crippen molar-refractivity contribution in [3.63, 3.8) is 0 Å². The molecule has 3 N–H and O–H groups in total. The molecule has 0 amide bonds. The van der Waals surface area contributed by atoms with Crippen LogP contribution >= 0.6 is 0 Å². The smallest absolute Gasteiger partial charge is 0.315 e. The van der Waals surface area contributed by atoms with Crippen LogP contribution in [-0.4, -0.2) is 33.1 Å². The third kappa shape index (κ3) is 3.62. The summed E-state index contributed by atoms with van der Waals surface area (Å²) in [5.74, 6) is -2.17. The maximum absolute atomic E-state index is 14.3. The Balaban J connectivity index is 1.76. The van der Waals surface area contributed by atoms with E-state index in [1.807, 2.05) is 0 Å². The number of hydrogen-bond donors (Lipinski definition) is 3. The Labute approximate surface area is 182 Å². The zero-order valence-corrected chi connectivity index (χ0v) is 17.5. The van der Waals surface area contributed by atoms with Gasteiger partial charge in [0.15, 0.2) is 5.82 Å². The van der Waals surface area contributed by atoms with Crippen LogP contribution in [-0.2, 0) is 14.9 Å². The summed E-state index contributed by atoms with van der Waals surface area (Å²) in [5.41, 5.74) is 0.384. The van der Waals surface area contributed by atoms with E-state index in [9.17, 15) is 18.7 Å². The summed E-state index contributed by atoms with van der Waals surface area (Å²) in [4.78, 5) is 23.1. The minimum absolute atomic E-state index is 0.159. The van der Waals surface area contributed by atoms with E-state index in [1.54, 1.807) is 38.1 Å². The van der Waals surface area contributed by atoms with E-state index in [0.717, 1.165) is 17.7 Å². The number of esters is 1. The molecule has 0 atom stereocenters. The summed E-state index contributed by atoms with van der Waals surface area (Å²) < 4.78 is 33.5. The van der Waals surface area contributed by atoms with Gasteiger partial charge in [-0.15, -0.1) is 0 Å². The number of halogens is 2. The minimum Gasteiger partial charge on any atom is -0.494 e.